The van der Waals surface area contributed by atoms with Crippen LogP contribution in [0.3, 0.4) is 0 Å². The molecule has 0 spiro atoms. The van der Waals surface area contributed by atoms with Gasteiger partial charge in [0, 0.05) is 32.4 Å². The normalized spacial score (nSPS) is 27.4. The maximum atomic E-state index is 12.3. The largest absolute Gasteiger partial charge is 0.458 e. The summed E-state index contributed by atoms with van der Waals surface area (Å²) in [7, 11) is 0. The van der Waals surface area contributed by atoms with E-state index >= 15 is 0 Å². The summed E-state index contributed by atoms with van der Waals surface area (Å²) in [6, 6.07) is 5.60. The molecule has 0 bridgehead atoms. The van der Waals surface area contributed by atoms with Crippen molar-refractivity contribution in [2.24, 2.45) is 0 Å². The number of amides is 1. The first kappa shape index (κ1) is 16.5. The second kappa shape index (κ2) is 5.92. The van der Waals surface area contributed by atoms with E-state index in [1.807, 2.05) is 19.1 Å². The van der Waals surface area contributed by atoms with Gasteiger partial charge in [0.05, 0.1) is 6.04 Å². The molecule has 1 aliphatic carbocycles. The Balaban J connectivity index is 2.05. The quantitative estimate of drug-likeness (QED) is 0.776. The van der Waals surface area contributed by atoms with E-state index in [1.165, 1.54) is 20.8 Å². The fourth-order valence-corrected chi connectivity index (χ4v) is 4.01. The van der Waals surface area contributed by atoms with E-state index in [0.717, 1.165) is 16.8 Å². The zero-order valence-electron chi connectivity index (χ0n) is 14.2. The number of fused-ring (bicyclic) bond motifs is 3. The smallest absolute Gasteiger partial charge is 0.303 e. The van der Waals surface area contributed by atoms with Gasteiger partial charge in [0.25, 0.3) is 0 Å². The number of nitrogens with zero attached hydrogens (tertiary/aromatic N) is 1. The molecular weight excluding hydrogens is 310 g/mol. The van der Waals surface area contributed by atoms with Gasteiger partial charge in [0.15, 0.2) is 6.10 Å². The van der Waals surface area contributed by atoms with E-state index < -0.39 is 24.1 Å². The molecule has 0 saturated heterocycles. The van der Waals surface area contributed by atoms with Crippen LogP contribution in [0, 0.1) is 6.92 Å². The zero-order valence-corrected chi connectivity index (χ0v) is 14.2. The van der Waals surface area contributed by atoms with Gasteiger partial charge >= 0.3 is 11.9 Å². The molecule has 1 aromatic carbocycles. The molecule has 4 unspecified atom stereocenters. The number of benzene rings is 1. The van der Waals surface area contributed by atoms with E-state index in [4.69, 9.17) is 9.47 Å². The molecule has 4 atom stereocenters. The number of carbonyl (C=O) groups excluding carboxylic acids is 3. The van der Waals surface area contributed by atoms with Gasteiger partial charge in [-0.2, -0.15) is 0 Å². The first-order valence-corrected chi connectivity index (χ1v) is 8.04. The second-order valence-corrected chi connectivity index (χ2v) is 6.51. The molecule has 6 nitrogen and oxygen atoms in total. The molecule has 1 amide bonds. The van der Waals surface area contributed by atoms with Crippen molar-refractivity contribution in [3.63, 3.8) is 0 Å². The van der Waals surface area contributed by atoms with Crippen LogP contribution in [0.4, 0.5) is 5.69 Å². The van der Waals surface area contributed by atoms with Crippen LogP contribution in [-0.2, 0) is 23.9 Å². The van der Waals surface area contributed by atoms with E-state index in [0.29, 0.717) is 6.42 Å². The lowest BCUT2D eigenvalue weighted by Gasteiger charge is -2.30. The van der Waals surface area contributed by atoms with Crippen LogP contribution in [0.5, 0.6) is 0 Å². The number of carbonyl (C=O) groups is 3. The van der Waals surface area contributed by atoms with Gasteiger partial charge in [0.2, 0.25) is 5.91 Å². The van der Waals surface area contributed by atoms with Crippen LogP contribution in [0.1, 0.15) is 44.2 Å². The number of ether oxygens (including phenoxy) is 2. The van der Waals surface area contributed by atoms with Crippen LogP contribution in [0.2, 0.25) is 0 Å². The average Bonchev–Trinajstić information content (AvgIpc) is 2.93. The first-order valence-electron chi connectivity index (χ1n) is 8.04. The number of aryl methyl sites for hydroxylation is 1. The first-order chi connectivity index (χ1) is 11.3. The maximum Gasteiger partial charge on any atom is 0.303 e. The minimum atomic E-state index is -0.659. The van der Waals surface area contributed by atoms with Crippen molar-refractivity contribution in [1.29, 1.82) is 0 Å². The summed E-state index contributed by atoms with van der Waals surface area (Å²) in [5.74, 6) is -1.00. The van der Waals surface area contributed by atoms with Crippen LogP contribution in [0.15, 0.2) is 18.2 Å². The summed E-state index contributed by atoms with van der Waals surface area (Å²) >= 11 is 0. The van der Waals surface area contributed by atoms with Gasteiger partial charge in [0.1, 0.15) is 6.10 Å². The van der Waals surface area contributed by atoms with E-state index in [1.54, 1.807) is 4.90 Å². The molecule has 3 rings (SSSR count). The number of hydrogen-bond donors (Lipinski definition) is 0. The Bertz CT molecular complexity index is 713. The third kappa shape index (κ3) is 2.66. The highest BCUT2D eigenvalue weighted by molar-refractivity contribution is 5.95. The fourth-order valence-electron chi connectivity index (χ4n) is 4.01. The molecule has 0 aromatic heterocycles. The lowest BCUT2D eigenvalue weighted by atomic mass is 9.96. The van der Waals surface area contributed by atoms with Crippen molar-refractivity contribution in [2.75, 3.05) is 4.90 Å². The topological polar surface area (TPSA) is 72.9 Å². The molecule has 1 heterocycles. The Labute approximate surface area is 140 Å². The lowest BCUT2D eigenvalue weighted by molar-refractivity contribution is -0.163. The number of anilines is 1. The molecule has 2 aliphatic rings. The summed E-state index contributed by atoms with van der Waals surface area (Å²) in [6.45, 7) is 6.14. The highest BCUT2D eigenvalue weighted by atomic mass is 16.6. The molecule has 1 fully saturated rings. The van der Waals surface area contributed by atoms with Gasteiger partial charge in [-0.05, 0) is 25.0 Å². The molecule has 6 heteroatoms. The number of esters is 2. The maximum absolute atomic E-state index is 12.3. The average molecular weight is 331 g/mol. The van der Waals surface area contributed by atoms with E-state index in [9.17, 15) is 14.4 Å². The zero-order chi connectivity index (χ0) is 17.6. The van der Waals surface area contributed by atoms with Crippen LogP contribution < -0.4 is 4.90 Å². The predicted molar refractivity (Wildman–Crippen MR) is 86.6 cm³/mol. The summed E-state index contributed by atoms with van der Waals surface area (Å²) in [6.07, 6.45) is -0.674. The summed E-state index contributed by atoms with van der Waals surface area (Å²) in [5, 5.41) is 0. The van der Waals surface area contributed by atoms with Crippen molar-refractivity contribution in [3.05, 3.63) is 29.3 Å². The standard InChI is InChI=1S/C18H21NO5/c1-9-5-6-15-13(7-9)14-8-16(23-11(3)21)18(24-12(4)22)17(14)19(15)10(2)20/h5-7,14,16-18H,8H2,1-4H3. The highest BCUT2D eigenvalue weighted by Crippen LogP contribution is 2.51. The van der Waals surface area contributed by atoms with Gasteiger partial charge in [-0.1, -0.05) is 17.7 Å². The predicted octanol–water partition coefficient (Wildman–Crippen LogP) is 2.08. The Morgan fingerprint density at radius 1 is 1.08 bits per heavy atom. The molecular formula is C18H21NO5. The Morgan fingerprint density at radius 3 is 2.33 bits per heavy atom. The van der Waals surface area contributed by atoms with Gasteiger partial charge in [-0.25, -0.2) is 0 Å². The summed E-state index contributed by atoms with van der Waals surface area (Å²) in [5.41, 5.74) is 2.99. The lowest BCUT2D eigenvalue weighted by Crippen LogP contribution is -2.47. The van der Waals surface area contributed by atoms with Crippen molar-refractivity contribution in [1.82, 2.24) is 0 Å². The molecule has 0 N–H and O–H groups in total. The molecule has 1 aliphatic heterocycles. The molecule has 1 saturated carbocycles. The number of hydrogen-bond acceptors (Lipinski definition) is 5. The van der Waals surface area contributed by atoms with Crippen molar-refractivity contribution < 1.29 is 23.9 Å². The molecule has 0 radical (unpaired) electrons. The molecule has 24 heavy (non-hydrogen) atoms. The fraction of sp³-hybridized carbons (Fsp3) is 0.500. The van der Waals surface area contributed by atoms with Crippen LogP contribution in [-0.4, -0.2) is 36.1 Å². The van der Waals surface area contributed by atoms with Crippen LogP contribution >= 0.6 is 0 Å². The molecule has 1 aromatic rings. The third-order valence-electron chi connectivity index (χ3n) is 4.70. The van der Waals surface area contributed by atoms with Gasteiger partial charge in [-0.3, -0.25) is 14.4 Å². The monoisotopic (exact) mass is 331 g/mol. The molecule has 128 valence electrons. The van der Waals surface area contributed by atoms with Crippen LogP contribution in [0.25, 0.3) is 0 Å². The Kier molecular flexibility index (Phi) is 4.07. The van der Waals surface area contributed by atoms with Crippen molar-refractivity contribution in [2.45, 2.75) is 58.3 Å². The summed E-state index contributed by atoms with van der Waals surface area (Å²) in [4.78, 5) is 36.9. The Hall–Kier alpha value is -2.37. The van der Waals surface area contributed by atoms with Gasteiger partial charge < -0.3 is 14.4 Å². The van der Waals surface area contributed by atoms with Crippen molar-refractivity contribution >= 4 is 23.5 Å². The minimum Gasteiger partial charge on any atom is -0.458 e. The SMILES string of the molecule is CC(=O)OC1CC2c3cc(C)ccc3N(C(C)=O)C2C1OC(C)=O. The second-order valence-electron chi connectivity index (χ2n) is 6.51. The third-order valence-corrected chi connectivity index (χ3v) is 4.70. The van der Waals surface area contributed by atoms with E-state index in [-0.39, 0.29) is 17.9 Å². The van der Waals surface area contributed by atoms with Gasteiger partial charge in [-0.15, -0.1) is 0 Å². The summed E-state index contributed by atoms with van der Waals surface area (Å²) < 4.78 is 10.9. The minimum absolute atomic E-state index is 0.0162. The Morgan fingerprint density at radius 2 is 1.75 bits per heavy atom. The van der Waals surface area contributed by atoms with Crippen molar-refractivity contribution in [3.8, 4) is 0 Å². The highest BCUT2D eigenvalue weighted by Gasteiger charge is 2.56. The van der Waals surface area contributed by atoms with E-state index in [2.05, 4.69) is 6.07 Å². The number of rotatable bonds is 2.